The van der Waals surface area contributed by atoms with Gasteiger partial charge in [-0.2, -0.15) is 4.99 Å². The first kappa shape index (κ1) is 28.0. The van der Waals surface area contributed by atoms with Crippen molar-refractivity contribution in [2.75, 3.05) is 72.4 Å². The Bertz CT molecular complexity index is 836. The molecule has 2 rings (SSSR count). The summed E-state index contributed by atoms with van der Waals surface area (Å²) in [6.45, 7) is 2.21. The van der Waals surface area contributed by atoms with Crippen LogP contribution < -0.4 is 0 Å². The van der Waals surface area contributed by atoms with Crippen molar-refractivity contribution in [1.82, 2.24) is 19.6 Å². The van der Waals surface area contributed by atoms with Gasteiger partial charge in [-0.05, 0) is 36.3 Å². The van der Waals surface area contributed by atoms with Gasteiger partial charge in [-0.1, -0.05) is 12.1 Å². The van der Waals surface area contributed by atoms with E-state index in [4.69, 9.17) is 0 Å². The van der Waals surface area contributed by atoms with Gasteiger partial charge in [0.2, 0.25) is 0 Å². The number of carboxylic acid groups (broad SMARTS) is 2. The SMILES string of the molecule is O=C(O)CN1CCN(CO)CCN(CO)CCN(CC(=O)O)C(Cc2ccc(N=C=S)cc2)C1. The van der Waals surface area contributed by atoms with Crippen LogP contribution in [-0.4, -0.2) is 136 Å². The van der Waals surface area contributed by atoms with Crippen molar-refractivity contribution >= 4 is 35.0 Å². The summed E-state index contributed by atoms with van der Waals surface area (Å²) in [7, 11) is 0. The number of aliphatic hydroxyl groups is 2. The van der Waals surface area contributed by atoms with Crippen molar-refractivity contribution in [1.29, 1.82) is 0 Å². The maximum Gasteiger partial charge on any atom is 0.317 e. The summed E-state index contributed by atoms with van der Waals surface area (Å²) in [4.78, 5) is 34.3. The van der Waals surface area contributed by atoms with Crippen LogP contribution >= 0.6 is 12.2 Å². The standard InChI is InChI=1S/C22H33N5O6S/c28-16-24-5-6-25(17-29)9-10-27(14-22(32)33)20(12-26(8-7-24)13-21(30)31)11-18-1-3-19(4-2-18)23-15-34/h1-4,20,28-29H,5-14,16-17H2,(H,30,31)(H,32,33). The molecule has 4 N–H and O–H groups in total. The molecule has 0 radical (unpaired) electrons. The molecule has 0 amide bonds. The Labute approximate surface area is 204 Å². The molecule has 1 aromatic rings. The lowest BCUT2D eigenvalue weighted by Crippen LogP contribution is -2.53. The molecular formula is C22H33N5O6S. The van der Waals surface area contributed by atoms with Crippen LogP contribution in [0.1, 0.15) is 5.56 Å². The number of aliphatic carboxylic acids is 2. The molecule has 0 spiro atoms. The molecule has 0 aliphatic carbocycles. The molecule has 12 heteroatoms. The first-order valence-corrected chi connectivity index (χ1v) is 11.5. The fraction of sp³-hybridized carbons (Fsp3) is 0.591. The van der Waals surface area contributed by atoms with E-state index in [-0.39, 0.29) is 32.6 Å². The Kier molecular flexibility index (Phi) is 12.2. The van der Waals surface area contributed by atoms with Crippen molar-refractivity contribution < 1.29 is 30.0 Å². The molecule has 0 aromatic heterocycles. The molecule has 1 aliphatic heterocycles. The summed E-state index contributed by atoms with van der Waals surface area (Å²) >= 11 is 4.64. The lowest BCUT2D eigenvalue weighted by atomic mass is 10.0. The Balaban J connectivity index is 2.34. The van der Waals surface area contributed by atoms with Crippen LogP contribution in [-0.2, 0) is 16.0 Å². The molecule has 1 fully saturated rings. The molecule has 1 saturated heterocycles. The molecule has 1 atom stereocenters. The van der Waals surface area contributed by atoms with Crippen LogP contribution in [0.4, 0.5) is 5.69 Å². The zero-order valence-corrected chi connectivity index (χ0v) is 19.9. The summed E-state index contributed by atoms with van der Waals surface area (Å²) < 4.78 is 0. The number of aliphatic hydroxyl groups excluding tert-OH is 2. The van der Waals surface area contributed by atoms with Crippen molar-refractivity contribution in [3.8, 4) is 0 Å². The Morgan fingerprint density at radius 1 is 0.882 bits per heavy atom. The van der Waals surface area contributed by atoms with E-state index in [1.54, 1.807) is 26.8 Å². The quantitative estimate of drug-likeness (QED) is 0.263. The van der Waals surface area contributed by atoms with Gasteiger partial charge in [-0.3, -0.25) is 29.2 Å². The predicted molar refractivity (Wildman–Crippen MR) is 129 cm³/mol. The molecular weight excluding hydrogens is 462 g/mol. The molecule has 1 heterocycles. The Hall–Kier alpha value is -2.28. The van der Waals surface area contributed by atoms with Crippen LogP contribution in [0.25, 0.3) is 0 Å². The van der Waals surface area contributed by atoms with Crippen molar-refractivity contribution in [2.45, 2.75) is 12.5 Å². The number of carboxylic acids is 2. The van der Waals surface area contributed by atoms with Gasteiger partial charge in [0.1, 0.15) is 0 Å². The molecule has 34 heavy (non-hydrogen) atoms. The minimum atomic E-state index is -0.977. The van der Waals surface area contributed by atoms with Gasteiger partial charge in [-0.15, -0.1) is 0 Å². The molecule has 11 nitrogen and oxygen atoms in total. The largest absolute Gasteiger partial charge is 0.480 e. The highest BCUT2D eigenvalue weighted by Gasteiger charge is 2.26. The van der Waals surface area contributed by atoms with Crippen LogP contribution in [0.3, 0.4) is 0 Å². The number of nitrogens with zero attached hydrogens (tertiary/aromatic N) is 5. The summed E-state index contributed by atoms with van der Waals surface area (Å²) in [6, 6.07) is 7.07. The third kappa shape index (κ3) is 9.92. The highest BCUT2D eigenvalue weighted by Crippen LogP contribution is 2.17. The number of carbonyl (C=O) groups is 2. The molecule has 1 unspecified atom stereocenters. The smallest absolute Gasteiger partial charge is 0.317 e. The molecule has 1 aliphatic rings. The van der Waals surface area contributed by atoms with Crippen molar-refractivity contribution in [3.05, 3.63) is 29.8 Å². The van der Waals surface area contributed by atoms with Gasteiger partial charge in [0, 0.05) is 51.9 Å². The molecule has 1 aromatic carbocycles. The van der Waals surface area contributed by atoms with Crippen LogP contribution in [0, 0.1) is 0 Å². The van der Waals surface area contributed by atoms with E-state index in [2.05, 4.69) is 22.4 Å². The van der Waals surface area contributed by atoms with E-state index in [0.29, 0.717) is 57.9 Å². The number of hydrogen-bond acceptors (Lipinski definition) is 10. The fourth-order valence-corrected chi connectivity index (χ4v) is 4.08. The fourth-order valence-electron chi connectivity index (χ4n) is 3.97. The topological polar surface area (TPSA) is 140 Å². The second-order valence-corrected chi connectivity index (χ2v) is 8.42. The summed E-state index contributed by atoms with van der Waals surface area (Å²) in [5.74, 6) is -1.95. The summed E-state index contributed by atoms with van der Waals surface area (Å²) in [5.41, 5.74) is 1.61. The van der Waals surface area contributed by atoms with Gasteiger partial charge < -0.3 is 20.4 Å². The average molecular weight is 496 g/mol. The van der Waals surface area contributed by atoms with E-state index in [0.717, 1.165) is 5.56 Å². The number of aliphatic imine (C=N–C) groups is 1. The van der Waals surface area contributed by atoms with E-state index >= 15 is 0 Å². The monoisotopic (exact) mass is 495 g/mol. The predicted octanol–water partition coefficient (Wildman–Crippen LogP) is -0.378. The maximum atomic E-state index is 11.7. The first-order valence-electron chi connectivity index (χ1n) is 11.1. The lowest BCUT2D eigenvalue weighted by molar-refractivity contribution is -0.141. The minimum Gasteiger partial charge on any atom is -0.480 e. The summed E-state index contributed by atoms with van der Waals surface area (Å²) in [6.07, 6.45) is 0.494. The van der Waals surface area contributed by atoms with Crippen LogP contribution in [0.15, 0.2) is 29.3 Å². The number of rotatable bonds is 9. The minimum absolute atomic E-state index is 0.175. The Morgan fingerprint density at radius 3 is 1.91 bits per heavy atom. The van der Waals surface area contributed by atoms with Crippen LogP contribution in [0.5, 0.6) is 0 Å². The number of hydrogen-bond donors (Lipinski definition) is 4. The van der Waals surface area contributed by atoms with E-state index in [1.807, 2.05) is 17.0 Å². The van der Waals surface area contributed by atoms with E-state index in [9.17, 15) is 30.0 Å². The number of isothiocyanates is 1. The first-order chi connectivity index (χ1) is 16.3. The third-order valence-electron chi connectivity index (χ3n) is 5.83. The second kappa shape index (κ2) is 14.9. The zero-order valence-electron chi connectivity index (χ0n) is 19.1. The Morgan fingerprint density at radius 2 is 1.41 bits per heavy atom. The van der Waals surface area contributed by atoms with E-state index < -0.39 is 11.9 Å². The second-order valence-electron chi connectivity index (χ2n) is 8.24. The average Bonchev–Trinajstić information content (AvgIpc) is 2.79. The van der Waals surface area contributed by atoms with Gasteiger partial charge in [0.25, 0.3) is 0 Å². The van der Waals surface area contributed by atoms with Crippen LogP contribution in [0.2, 0.25) is 0 Å². The third-order valence-corrected chi connectivity index (χ3v) is 5.92. The van der Waals surface area contributed by atoms with Gasteiger partial charge in [0.05, 0.1) is 37.4 Å². The van der Waals surface area contributed by atoms with Gasteiger partial charge in [-0.25, -0.2) is 0 Å². The number of benzene rings is 1. The van der Waals surface area contributed by atoms with Crippen molar-refractivity contribution in [3.63, 3.8) is 0 Å². The molecule has 188 valence electrons. The van der Waals surface area contributed by atoms with Gasteiger partial charge in [0.15, 0.2) is 0 Å². The van der Waals surface area contributed by atoms with Gasteiger partial charge >= 0.3 is 11.9 Å². The number of thiocarbonyl (C=S) groups is 1. The lowest BCUT2D eigenvalue weighted by Gasteiger charge is -2.37. The molecule has 0 saturated carbocycles. The van der Waals surface area contributed by atoms with Crippen molar-refractivity contribution in [2.24, 2.45) is 4.99 Å². The normalized spacial score (nSPS) is 20.1. The maximum absolute atomic E-state index is 11.7. The zero-order chi connectivity index (χ0) is 24.9. The summed E-state index contributed by atoms with van der Waals surface area (Å²) in [5, 5.41) is 40.8. The highest BCUT2D eigenvalue weighted by molar-refractivity contribution is 7.78. The molecule has 0 bridgehead atoms. The van der Waals surface area contributed by atoms with E-state index in [1.165, 1.54) is 0 Å². The highest BCUT2D eigenvalue weighted by atomic mass is 32.1.